The van der Waals surface area contributed by atoms with E-state index in [0.717, 1.165) is 9.80 Å². The molecule has 11 atom stereocenters. The number of aliphatic hydroxyl groups excluding tert-OH is 1. The molecule has 0 aromatic heterocycles. The minimum Gasteiger partial charge on any atom is -0.480 e. The van der Waals surface area contributed by atoms with Gasteiger partial charge in [-0.3, -0.25) is 47.9 Å². The van der Waals surface area contributed by atoms with Gasteiger partial charge in [0.05, 0.1) is 6.10 Å². The van der Waals surface area contributed by atoms with Gasteiger partial charge in [0.25, 0.3) is 0 Å². The number of carbonyl (C=O) groups is 11. The van der Waals surface area contributed by atoms with Crippen molar-refractivity contribution in [2.24, 2.45) is 35.5 Å². The number of likely N-dealkylation sites (N-methyl/N-ethyl adjacent to an activating group) is 6. The highest BCUT2D eigenvalue weighted by molar-refractivity contribution is 5.98. The van der Waals surface area contributed by atoms with Crippen molar-refractivity contribution in [2.75, 3.05) is 48.8 Å². The molecule has 0 bridgehead atoms. The lowest BCUT2D eigenvalue weighted by atomic mass is 9.91. The second-order valence-electron chi connectivity index (χ2n) is 25.5. The monoisotopic (exact) mass is 1190 g/mol. The summed E-state index contributed by atoms with van der Waals surface area (Å²) in [5.41, 5.74) is -0.827. The predicted octanol–water partition coefficient (Wildman–Crippen LogP) is 3.88. The number of amides is 10. The van der Waals surface area contributed by atoms with E-state index in [1.807, 2.05) is 41.5 Å². The van der Waals surface area contributed by atoms with Crippen LogP contribution in [0.15, 0.2) is 12.2 Å². The van der Waals surface area contributed by atoms with E-state index in [4.69, 9.17) is 4.74 Å². The molecular formula is C60H108N10O14. The topological polar surface area (TPSA) is 305 Å². The molecule has 0 aliphatic carbocycles. The lowest BCUT2D eigenvalue weighted by Gasteiger charge is -2.41. The summed E-state index contributed by atoms with van der Waals surface area (Å²) < 4.78 is 5.38. The summed E-state index contributed by atoms with van der Waals surface area (Å²) in [6, 6.07) is -10.9. The molecule has 0 heterocycles. The Kier molecular flexibility index (Phi) is 32.6. The highest BCUT2D eigenvalue weighted by atomic mass is 16.6. The molecule has 0 saturated carbocycles. The summed E-state index contributed by atoms with van der Waals surface area (Å²) in [7, 11) is 8.33. The van der Waals surface area contributed by atoms with Crippen LogP contribution < -0.4 is 21.3 Å². The van der Waals surface area contributed by atoms with Gasteiger partial charge in [0.1, 0.15) is 66.5 Å². The minimum absolute atomic E-state index is 0.0560. The van der Waals surface area contributed by atoms with E-state index in [9.17, 15) is 58.2 Å². The number of nitrogens with zero attached hydrogens (tertiary/aromatic N) is 6. The molecule has 0 spiro atoms. The van der Waals surface area contributed by atoms with Crippen molar-refractivity contribution >= 4 is 65.2 Å². The Labute approximate surface area is 501 Å². The van der Waals surface area contributed by atoms with Gasteiger partial charge in [-0.1, -0.05) is 95.2 Å². The summed E-state index contributed by atoms with van der Waals surface area (Å²) in [5, 5.41) is 31.7. The first-order valence-electron chi connectivity index (χ1n) is 29.5. The lowest BCUT2D eigenvalue weighted by molar-refractivity contribution is -0.157. The molecule has 0 aliphatic heterocycles. The molecule has 0 radical (unpaired) electrons. The number of nitrogens with one attached hydrogen (secondary N) is 4. The van der Waals surface area contributed by atoms with Gasteiger partial charge in [-0.2, -0.15) is 0 Å². The fraction of sp³-hybridized carbons (Fsp3) is 0.783. The number of hydrogen-bond acceptors (Lipinski definition) is 13. The average molecular weight is 1190 g/mol. The summed E-state index contributed by atoms with van der Waals surface area (Å²) in [5.74, 6) is -9.37. The van der Waals surface area contributed by atoms with Crippen LogP contribution >= 0.6 is 0 Å². The molecule has 0 aromatic carbocycles. The van der Waals surface area contributed by atoms with Gasteiger partial charge in [-0.05, 0) is 109 Å². The predicted molar refractivity (Wildman–Crippen MR) is 321 cm³/mol. The normalized spacial score (nSPS) is 15.8. The molecule has 24 heteroatoms. The van der Waals surface area contributed by atoms with Gasteiger partial charge in [0.15, 0.2) is 0 Å². The van der Waals surface area contributed by atoms with Gasteiger partial charge >= 0.3 is 12.1 Å². The van der Waals surface area contributed by atoms with Gasteiger partial charge in [-0.15, -0.1) is 0 Å². The van der Waals surface area contributed by atoms with Crippen molar-refractivity contribution < 1.29 is 67.7 Å². The van der Waals surface area contributed by atoms with Crippen LogP contribution in [-0.2, 0) is 52.7 Å². The van der Waals surface area contributed by atoms with E-state index >= 15 is 4.79 Å². The number of alkyl carbamates (subject to hydrolysis) is 1. The molecular weight excluding hydrogens is 1080 g/mol. The van der Waals surface area contributed by atoms with Crippen LogP contribution in [0.5, 0.6) is 0 Å². The fourth-order valence-corrected chi connectivity index (χ4v) is 9.69. The molecule has 0 unspecified atom stereocenters. The van der Waals surface area contributed by atoms with E-state index in [0.29, 0.717) is 6.42 Å². The number of allylic oxidation sites excluding steroid dienone is 2. The SMILES string of the molecule is C/C=C/C[C@@H](C)[C@@H](O)[C@@H](C(=O)N[C@@H](CC)C(=O)N(C)CC(=O)O)N(C)C(=O)[C@H](C(C)C)N(C)C(=O)[C@H](CC(C)C)N(C)C(=O)[C@H](CC(C)C)N(C)C(=O)[C@@H](C)NC(=O)[C@H](C)NC(=O)[C@@H](CC(C)C)N(C)C(=O)[C@@H](NC(=O)OC(C)(C)C)C(C)C. The number of aliphatic hydroxyl groups is 1. The number of aliphatic carboxylic acids is 1. The summed E-state index contributed by atoms with van der Waals surface area (Å²) in [4.78, 5) is 160. The highest BCUT2D eigenvalue weighted by Crippen LogP contribution is 2.25. The van der Waals surface area contributed by atoms with Crippen LogP contribution in [0.1, 0.15) is 157 Å². The Morgan fingerprint density at radius 1 is 0.512 bits per heavy atom. The maximum absolute atomic E-state index is 15.0. The van der Waals surface area contributed by atoms with Crippen molar-refractivity contribution in [2.45, 2.75) is 223 Å². The Morgan fingerprint density at radius 3 is 1.38 bits per heavy atom. The smallest absolute Gasteiger partial charge is 0.408 e. The van der Waals surface area contributed by atoms with Gasteiger partial charge in [0, 0.05) is 42.3 Å². The summed E-state index contributed by atoms with van der Waals surface area (Å²) in [6.07, 6.45) is 2.13. The summed E-state index contributed by atoms with van der Waals surface area (Å²) >= 11 is 0. The molecule has 482 valence electrons. The molecule has 24 nitrogen and oxygen atoms in total. The van der Waals surface area contributed by atoms with Crippen molar-refractivity contribution in [1.82, 2.24) is 50.7 Å². The van der Waals surface area contributed by atoms with E-state index in [-0.39, 0.29) is 49.4 Å². The zero-order chi connectivity index (χ0) is 65.7. The largest absolute Gasteiger partial charge is 0.480 e. The molecule has 0 saturated heterocycles. The van der Waals surface area contributed by atoms with Crippen LogP contribution in [0.25, 0.3) is 0 Å². The highest BCUT2D eigenvalue weighted by Gasteiger charge is 2.45. The number of ether oxygens (including phenoxy) is 1. The van der Waals surface area contributed by atoms with Crippen molar-refractivity contribution in [3.05, 3.63) is 12.2 Å². The third-order valence-electron chi connectivity index (χ3n) is 14.6. The molecule has 0 aromatic rings. The van der Waals surface area contributed by atoms with Crippen LogP contribution in [0.3, 0.4) is 0 Å². The van der Waals surface area contributed by atoms with Gasteiger partial charge in [-0.25, -0.2) is 4.79 Å². The Bertz CT molecular complexity index is 2270. The number of rotatable bonds is 33. The summed E-state index contributed by atoms with van der Waals surface area (Å²) in [6.45, 7) is 30.4. The number of carbonyl (C=O) groups excluding carboxylic acids is 10. The van der Waals surface area contributed by atoms with Gasteiger partial charge in [0.2, 0.25) is 53.2 Å². The quantitative estimate of drug-likeness (QED) is 0.0509. The van der Waals surface area contributed by atoms with E-state index in [1.54, 1.807) is 81.4 Å². The van der Waals surface area contributed by atoms with Crippen LogP contribution in [0.4, 0.5) is 4.79 Å². The second kappa shape index (κ2) is 35.2. The number of hydrogen-bond donors (Lipinski definition) is 6. The first kappa shape index (κ1) is 77.7. The maximum atomic E-state index is 15.0. The zero-order valence-corrected chi connectivity index (χ0v) is 55.1. The molecule has 0 rings (SSSR count). The van der Waals surface area contributed by atoms with E-state index < -0.39 is 150 Å². The van der Waals surface area contributed by atoms with Crippen molar-refractivity contribution in [1.29, 1.82) is 0 Å². The molecule has 84 heavy (non-hydrogen) atoms. The van der Waals surface area contributed by atoms with Crippen molar-refractivity contribution in [3.8, 4) is 0 Å². The standard InChI is InChI=1S/C60H108N10O14/c1-25-27-28-38(13)49(73)48(52(76)63-41(26-2)54(78)65(19)32-45(71)72)70(24)58(82)47(37(11)12)69(23)56(80)44(31-35(7)8)68(22)55(79)43(30-34(5)6)67(21)53(77)40(15)62-50(74)39(14)61-51(75)42(29-33(3)4)66(20)57(81)46(36(9)10)64-59(83)84-60(16,17)18/h25,27,33-44,46-49,73H,26,28-32H2,1-24H3,(H,61,75)(H,62,74)(H,63,76)(H,64,83)(H,71,72)/b27-25+/t38-,39+,40-,41+,42-,43+,44+,46+,47+,48+,49-/m1/s1. The average Bonchev–Trinajstić information content (AvgIpc) is 3.59. The van der Waals surface area contributed by atoms with Crippen LogP contribution in [0.2, 0.25) is 0 Å². The Hall–Kier alpha value is -6.33. The molecule has 0 fully saturated rings. The Balaban J connectivity index is 6.96. The van der Waals surface area contributed by atoms with Crippen LogP contribution in [0, 0.1) is 35.5 Å². The van der Waals surface area contributed by atoms with Crippen molar-refractivity contribution in [3.63, 3.8) is 0 Å². The Morgan fingerprint density at radius 2 is 0.952 bits per heavy atom. The third kappa shape index (κ3) is 24.0. The molecule has 6 N–H and O–H groups in total. The first-order valence-corrected chi connectivity index (χ1v) is 29.5. The van der Waals surface area contributed by atoms with E-state index in [2.05, 4.69) is 21.3 Å². The minimum atomic E-state index is -1.59. The molecule has 10 amide bonds. The zero-order valence-electron chi connectivity index (χ0n) is 55.1. The number of carboxylic acid groups (broad SMARTS) is 1. The number of carboxylic acids is 1. The second-order valence-corrected chi connectivity index (χ2v) is 25.5. The van der Waals surface area contributed by atoms with Gasteiger partial charge < -0.3 is 65.6 Å². The van der Waals surface area contributed by atoms with Crippen LogP contribution in [-0.4, -0.2) is 220 Å². The fourth-order valence-electron chi connectivity index (χ4n) is 9.69. The van der Waals surface area contributed by atoms with E-state index in [1.165, 1.54) is 75.7 Å². The maximum Gasteiger partial charge on any atom is 0.408 e. The lowest BCUT2D eigenvalue weighted by Crippen LogP contribution is -2.63. The molecule has 0 aliphatic rings. The first-order chi connectivity index (χ1) is 38.5. The third-order valence-corrected chi connectivity index (χ3v) is 14.6.